The number of H-pyrrole nitrogens is 1. The maximum atomic E-state index is 13.1. The molecule has 0 aliphatic rings. The van der Waals surface area contributed by atoms with Crippen molar-refractivity contribution in [1.82, 2.24) is 25.9 Å². The average Bonchev–Trinajstić information content (AvgIpc) is 3.35. The van der Waals surface area contributed by atoms with Gasteiger partial charge in [-0.2, -0.15) is 11.8 Å². The van der Waals surface area contributed by atoms with E-state index in [4.69, 9.17) is 10.8 Å². The molecule has 0 fully saturated rings. The van der Waals surface area contributed by atoms with Crippen LogP contribution in [0.25, 0.3) is 0 Å². The first-order chi connectivity index (χ1) is 17.0. The number of carboxylic acids is 2. The predicted octanol–water partition coefficient (Wildman–Crippen LogP) is -0.517. The number of amides is 3. The van der Waals surface area contributed by atoms with Crippen molar-refractivity contribution in [3.63, 3.8) is 0 Å². The number of nitrogens with two attached hydrogens (primary N) is 1. The Hall–Kier alpha value is -3.13. The van der Waals surface area contributed by atoms with Crippen molar-refractivity contribution in [2.75, 3.05) is 12.0 Å². The maximum Gasteiger partial charge on any atom is 0.326 e. The first-order valence-corrected chi connectivity index (χ1v) is 13.0. The Balaban J connectivity index is 3.05. The van der Waals surface area contributed by atoms with Crippen molar-refractivity contribution >= 4 is 41.4 Å². The number of carboxylic acid groups (broad SMARTS) is 2. The van der Waals surface area contributed by atoms with Crippen molar-refractivity contribution < 1.29 is 34.2 Å². The summed E-state index contributed by atoms with van der Waals surface area (Å²) in [5.74, 6) is -4.11. The third-order valence-corrected chi connectivity index (χ3v) is 6.32. The van der Waals surface area contributed by atoms with Crippen LogP contribution in [-0.2, 0) is 30.4 Å². The Morgan fingerprint density at radius 3 is 2.17 bits per heavy atom. The van der Waals surface area contributed by atoms with Crippen molar-refractivity contribution in [3.8, 4) is 0 Å². The Labute approximate surface area is 213 Å². The van der Waals surface area contributed by atoms with Crippen LogP contribution in [0.3, 0.4) is 0 Å². The number of nitrogens with zero attached hydrogens (tertiary/aromatic N) is 1. The monoisotopic (exact) mass is 528 g/mol. The summed E-state index contributed by atoms with van der Waals surface area (Å²) in [7, 11) is 0. The van der Waals surface area contributed by atoms with Gasteiger partial charge in [-0.15, -0.1) is 0 Å². The van der Waals surface area contributed by atoms with E-state index < -0.39 is 60.2 Å². The number of aromatic nitrogens is 2. The lowest BCUT2D eigenvalue weighted by atomic mass is 9.99. The van der Waals surface area contributed by atoms with E-state index in [9.17, 15) is 29.1 Å². The molecule has 36 heavy (non-hydrogen) atoms. The molecule has 3 amide bonds. The Morgan fingerprint density at radius 2 is 1.64 bits per heavy atom. The second-order valence-electron chi connectivity index (χ2n) is 8.43. The summed E-state index contributed by atoms with van der Waals surface area (Å²) >= 11 is 1.47. The van der Waals surface area contributed by atoms with E-state index in [-0.39, 0.29) is 25.2 Å². The van der Waals surface area contributed by atoms with E-state index in [2.05, 4.69) is 25.9 Å². The van der Waals surface area contributed by atoms with Crippen molar-refractivity contribution in [3.05, 3.63) is 18.2 Å². The minimum atomic E-state index is -1.46. The zero-order valence-electron chi connectivity index (χ0n) is 20.7. The molecular weight excluding hydrogens is 492 g/mol. The zero-order valence-corrected chi connectivity index (χ0v) is 21.5. The first-order valence-electron chi connectivity index (χ1n) is 11.6. The summed E-state index contributed by atoms with van der Waals surface area (Å²) in [6.45, 7) is 3.73. The van der Waals surface area contributed by atoms with Crippen LogP contribution >= 0.6 is 11.8 Å². The van der Waals surface area contributed by atoms with Gasteiger partial charge in [0.2, 0.25) is 17.7 Å². The summed E-state index contributed by atoms with van der Waals surface area (Å²) in [6, 6.07) is -4.47. The number of aliphatic carboxylic acids is 2. The van der Waals surface area contributed by atoms with Crippen LogP contribution in [0.4, 0.5) is 0 Å². The number of thioether (sulfide) groups is 1. The second-order valence-corrected chi connectivity index (χ2v) is 9.41. The van der Waals surface area contributed by atoms with Gasteiger partial charge >= 0.3 is 11.9 Å². The molecule has 0 saturated heterocycles. The SMILES string of the molecule is CCC(C)C(N)C(=O)NC(CCSC)C(=O)NC(Cc1cnc[nH]1)C(=O)NC(CCC(=O)O)C(=O)O. The van der Waals surface area contributed by atoms with Crippen LogP contribution in [0.5, 0.6) is 0 Å². The molecule has 0 aliphatic carbocycles. The standard InChI is InChI=1S/C22H36N6O7S/c1-4-12(2)18(23)21(33)26-14(7-8-36-3)19(31)28-16(9-13-10-24-11-25-13)20(32)27-15(22(34)35)5-6-17(29)30/h10-12,14-16,18H,4-9,23H2,1-3H3,(H,24,25)(H,26,33)(H,27,32)(H,28,31)(H,29,30)(H,34,35). The quantitative estimate of drug-likeness (QED) is 0.137. The number of nitrogens with one attached hydrogen (secondary N) is 4. The second kappa shape index (κ2) is 15.8. The molecule has 13 nitrogen and oxygen atoms in total. The third kappa shape index (κ3) is 10.6. The van der Waals surface area contributed by atoms with Crippen molar-refractivity contribution in [2.24, 2.45) is 11.7 Å². The van der Waals surface area contributed by atoms with E-state index in [1.807, 2.05) is 20.1 Å². The topological polar surface area (TPSA) is 217 Å². The maximum absolute atomic E-state index is 13.1. The van der Waals surface area contributed by atoms with Gasteiger partial charge in [0.15, 0.2) is 0 Å². The Morgan fingerprint density at radius 1 is 1.03 bits per heavy atom. The van der Waals surface area contributed by atoms with E-state index >= 15 is 0 Å². The van der Waals surface area contributed by atoms with Crippen molar-refractivity contribution in [2.45, 2.75) is 70.1 Å². The normalized spacial score (nSPS) is 15.1. The molecule has 14 heteroatoms. The molecule has 5 atom stereocenters. The highest BCUT2D eigenvalue weighted by molar-refractivity contribution is 7.98. The number of rotatable bonds is 17. The highest BCUT2D eigenvalue weighted by atomic mass is 32.2. The molecule has 0 aliphatic heterocycles. The summed E-state index contributed by atoms with van der Waals surface area (Å²) < 4.78 is 0. The summed E-state index contributed by atoms with van der Waals surface area (Å²) in [6.07, 6.45) is 4.80. The van der Waals surface area contributed by atoms with E-state index in [0.29, 0.717) is 17.9 Å². The zero-order chi connectivity index (χ0) is 27.3. The predicted molar refractivity (Wildman–Crippen MR) is 133 cm³/mol. The minimum Gasteiger partial charge on any atom is -0.481 e. The molecule has 0 spiro atoms. The molecule has 8 N–H and O–H groups in total. The lowest BCUT2D eigenvalue weighted by Gasteiger charge is -2.26. The molecule has 0 saturated carbocycles. The average molecular weight is 529 g/mol. The molecule has 0 bridgehead atoms. The van der Waals surface area contributed by atoms with Gasteiger partial charge in [-0.3, -0.25) is 19.2 Å². The van der Waals surface area contributed by atoms with E-state index in [1.54, 1.807) is 0 Å². The van der Waals surface area contributed by atoms with Gasteiger partial charge in [0.25, 0.3) is 0 Å². The van der Waals surface area contributed by atoms with Crippen molar-refractivity contribution in [1.29, 1.82) is 0 Å². The highest BCUT2D eigenvalue weighted by Gasteiger charge is 2.31. The molecule has 0 aromatic carbocycles. The van der Waals surface area contributed by atoms with Gasteiger partial charge in [-0.1, -0.05) is 20.3 Å². The van der Waals surface area contributed by atoms with Gasteiger partial charge in [0, 0.05) is 24.7 Å². The molecule has 1 heterocycles. The van der Waals surface area contributed by atoms with E-state index in [0.717, 1.165) is 0 Å². The number of carbonyl (C=O) groups excluding carboxylic acids is 3. The van der Waals surface area contributed by atoms with Crippen LogP contribution in [-0.4, -0.2) is 86.0 Å². The number of aromatic amines is 1. The van der Waals surface area contributed by atoms with Crippen LogP contribution in [0.1, 0.15) is 45.2 Å². The van der Waals surface area contributed by atoms with Gasteiger partial charge in [-0.05, 0) is 30.8 Å². The number of imidazole rings is 1. The Bertz CT molecular complexity index is 882. The fourth-order valence-corrected chi connectivity index (χ4v) is 3.65. The third-order valence-electron chi connectivity index (χ3n) is 5.68. The molecule has 1 aromatic heterocycles. The van der Waals surface area contributed by atoms with Gasteiger partial charge in [0.05, 0.1) is 12.4 Å². The van der Waals surface area contributed by atoms with Crippen LogP contribution in [0.15, 0.2) is 12.5 Å². The van der Waals surface area contributed by atoms with Crippen LogP contribution in [0.2, 0.25) is 0 Å². The molecule has 202 valence electrons. The number of carbonyl (C=O) groups is 5. The summed E-state index contributed by atoms with van der Waals surface area (Å²) in [4.78, 5) is 67.8. The van der Waals surface area contributed by atoms with Gasteiger partial charge in [0.1, 0.15) is 18.1 Å². The molecular formula is C22H36N6O7S. The molecule has 1 rings (SSSR count). The van der Waals surface area contributed by atoms with Crippen LogP contribution in [0, 0.1) is 5.92 Å². The lowest BCUT2D eigenvalue weighted by molar-refractivity contribution is -0.143. The first kappa shape index (κ1) is 30.9. The molecule has 5 unspecified atom stereocenters. The van der Waals surface area contributed by atoms with Crippen LogP contribution < -0.4 is 21.7 Å². The Kier molecular flexibility index (Phi) is 13.5. The van der Waals surface area contributed by atoms with E-state index in [1.165, 1.54) is 24.3 Å². The molecule has 0 radical (unpaired) electrons. The fraction of sp³-hybridized carbons (Fsp3) is 0.636. The summed E-state index contributed by atoms with van der Waals surface area (Å²) in [5.41, 5.74) is 6.50. The smallest absolute Gasteiger partial charge is 0.326 e. The highest BCUT2D eigenvalue weighted by Crippen LogP contribution is 2.09. The largest absolute Gasteiger partial charge is 0.481 e. The number of hydrogen-bond acceptors (Lipinski definition) is 8. The summed E-state index contributed by atoms with van der Waals surface area (Å²) in [5, 5.41) is 25.8. The molecule has 1 aromatic rings. The minimum absolute atomic E-state index is 0.0432. The van der Waals surface area contributed by atoms with Gasteiger partial charge in [-0.25, -0.2) is 9.78 Å². The fourth-order valence-electron chi connectivity index (χ4n) is 3.18. The lowest BCUT2D eigenvalue weighted by Crippen LogP contribution is -2.58. The van der Waals surface area contributed by atoms with Gasteiger partial charge < -0.3 is 36.9 Å². The number of hydrogen-bond donors (Lipinski definition) is 7.